The molecular weight excluding hydrogens is 456 g/mol. The lowest BCUT2D eigenvalue weighted by Crippen LogP contribution is -2.17. The highest BCUT2D eigenvalue weighted by Gasteiger charge is 2.29. The molecule has 0 aliphatic carbocycles. The first kappa shape index (κ1) is 24.7. The molecule has 0 saturated carbocycles. The number of rotatable bonds is 7. The van der Waals surface area contributed by atoms with E-state index in [4.69, 9.17) is 18.9 Å². The van der Waals surface area contributed by atoms with Crippen molar-refractivity contribution in [2.75, 3.05) is 13.2 Å². The Morgan fingerprint density at radius 1 is 0.886 bits per heavy atom. The van der Waals surface area contributed by atoms with E-state index in [1.54, 1.807) is 12.1 Å². The maximum atomic E-state index is 13.2. The van der Waals surface area contributed by atoms with E-state index in [9.17, 15) is 4.79 Å². The zero-order valence-corrected chi connectivity index (χ0v) is 21.4. The van der Waals surface area contributed by atoms with Crippen molar-refractivity contribution < 1.29 is 23.7 Å². The fourth-order valence-corrected chi connectivity index (χ4v) is 4.08. The van der Waals surface area contributed by atoms with E-state index in [1.165, 1.54) is 0 Å². The second-order valence-electron chi connectivity index (χ2n) is 9.31. The molecular formula is C29H30O5Si. The molecule has 35 heavy (non-hydrogen) atoms. The van der Waals surface area contributed by atoms with Crippen LogP contribution >= 0.6 is 0 Å². The molecule has 6 heteroatoms. The summed E-state index contributed by atoms with van der Waals surface area (Å²) in [6.07, 6.45) is -0.659. The summed E-state index contributed by atoms with van der Waals surface area (Å²) in [5, 5.41) is 0. The second-order valence-corrected chi connectivity index (χ2v) is 14.1. The van der Waals surface area contributed by atoms with Crippen LogP contribution < -0.4 is 4.74 Å². The summed E-state index contributed by atoms with van der Waals surface area (Å²) in [6, 6.07) is 23.0. The van der Waals surface area contributed by atoms with Gasteiger partial charge in [0.05, 0.1) is 29.9 Å². The van der Waals surface area contributed by atoms with E-state index < -0.39 is 20.3 Å². The summed E-state index contributed by atoms with van der Waals surface area (Å²) in [7, 11) is -1.76. The van der Waals surface area contributed by atoms with Gasteiger partial charge in [0.15, 0.2) is 6.29 Å². The van der Waals surface area contributed by atoms with Crippen LogP contribution in [0.15, 0.2) is 72.8 Å². The number of esters is 1. The van der Waals surface area contributed by atoms with Gasteiger partial charge < -0.3 is 18.9 Å². The van der Waals surface area contributed by atoms with Crippen LogP contribution in [0.25, 0.3) is 0 Å². The van der Waals surface area contributed by atoms with Gasteiger partial charge in [0.1, 0.15) is 27.0 Å². The molecule has 0 N–H and O–H groups in total. The Morgan fingerprint density at radius 3 is 2.09 bits per heavy atom. The van der Waals surface area contributed by atoms with Crippen molar-refractivity contribution in [2.45, 2.75) is 39.1 Å². The van der Waals surface area contributed by atoms with Gasteiger partial charge in [-0.3, -0.25) is 0 Å². The summed E-state index contributed by atoms with van der Waals surface area (Å²) in [5.41, 5.74) is 6.90. The van der Waals surface area contributed by atoms with Crippen molar-refractivity contribution in [2.24, 2.45) is 0 Å². The van der Waals surface area contributed by atoms with Crippen molar-refractivity contribution in [1.82, 2.24) is 0 Å². The summed E-state index contributed by atoms with van der Waals surface area (Å²) < 4.78 is 23.6. The molecule has 1 aliphatic heterocycles. The Balaban J connectivity index is 1.72. The third-order valence-corrected chi connectivity index (χ3v) is 6.17. The van der Waals surface area contributed by atoms with Crippen molar-refractivity contribution in [3.05, 3.63) is 101 Å². The lowest BCUT2D eigenvalue weighted by atomic mass is 9.99. The van der Waals surface area contributed by atoms with E-state index in [2.05, 4.69) is 31.1 Å². The predicted molar refractivity (Wildman–Crippen MR) is 138 cm³/mol. The van der Waals surface area contributed by atoms with Gasteiger partial charge in [-0.05, 0) is 23.3 Å². The van der Waals surface area contributed by atoms with Gasteiger partial charge in [-0.2, -0.15) is 0 Å². The van der Waals surface area contributed by atoms with Crippen molar-refractivity contribution in [3.63, 3.8) is 0 Å². The number of hydrogen-bond donors (Lipinski definition) is 0. The van der Waals surface area contributed by atoms with Gasteiger partial charge in [-0.1, -0.05) is 86.2 Å². The number of benzene rings is 3. The van der Waals surface area contributed by atoms with Crippen LogP contribution in [0, 0.1) is 11.5 Å². The Kier molecular flexibility index (Phi) is 8.04. The molecule has 180 valence electrons. The lowest BCUT2D eigenvalue weighted by molar-refractivity contribution is -0.0461. The molecule has 0 atom stereocenters. The van der Waals surface area contributed by atoms with Gasteiger partial charge in [0.25, 0.3) is 0 Å². The van der Waals surface area contributed by atoms with E-state index in [0.717, 1.165) is 11.1 Å². The summed E-state index contributed by atoms with van der Waals surface area (Å²) in [4.78, 5) is 13.2. The number of carbonyl (C=O) groups is 1. The molecule has 1 heterocycles. The average molecular weight is 487 g/mol. The second kappa shape index (κ2) is 11.4. The smallest absolute Gasteiger partial charge is 0.339 e. The Bertz CT molecular complexity index is 1200. The molecule has 0 aromatic heterocycles. The molecule has 1 saturated heterocycles. The van der Waals surface area contributed by atoms with E-state index in [-0.39, 0.29) is 6.61 Å². The Hall–Kier alpha value is -3.37. The van der Waals surface area contributed by atoms with Gasteiger partial charge in [-0.15, -0.1) is 5.54 Å². The molecule has 4 rings (SSSR count). The molecule has 0 unspecified atom stereocenters. The quantitative estimate of drug-likeness (QED) is 0.237. The molecule has 1 aliphatic rings. The summed E-state index contributed by atoms with van der Waals surface area (Å²) in [5.74, 6) is 3.43. The van der Waals surface area contributed by atoms with Crippen LogP contribution in [0.3, 0.4) is 0 Å². The first-order valence-electron chi connectivity index (χ1n) is 11.7. The maximum Gasteiger partial charge on any atom is 0.339 e. The molecule has 0 amide bonds. The summed E-state index contributed by atoms with van der Waals surface area (Å²) in [6.45, 7) is 7.96. The SMILES string of the molecule is C[Si](C)(C)C#Cc1c(C(=O)OCc2ccccc2)ccc(OCc2ccccc2)c1C1OCCO1. The molecule has 3 aromatic carbocycles. The lowest BCUT2D eigenvalue weighted by Gasteiger charge is -2.20. The molecule has 5 nitrogen and oxygen atoms in total. The number of ether oxygens (including phenoxy) is 4. The van der Waals surface area contributed by atoms with Crippen molar-refractivity contribution in [3.8, 4) is 17.2 Å². The van der Waals surface area contributed by atoms with Gasteiger partial charge in [-0.25, -0.2) is 4.79 Å². The van der Waals surface area contributed by atoms with Crippen molar-refractivity contribution >= 4 is 14.0 Å². The number of hydrogen-bond acceptors (Lipinski definition) is 5. The molecule has 1 fully saturated rings. The van der Waals surface area contributed by atoms with Crippen molar-refractivity contribution in [1.29, 1.82) is 0 Å². The van der Waals surface area contributed by atoms with E-state index >= 15 is 0 Å². The molecule has 0 bridgehead atoms. The fraction of sp³-hybridized carbons (Fsp3) is 0.276. The van der Waals surface area contributed by atoms with Gasteiger partial charge >= 0.3 is 5.97 Å². The maximum absolute atomic E-state index is 13.2. The average Bonchev–Trinajstić information content (AvgIpc) is 3.40. The first-order valence-corrected chi connectivity index (χ1v) is 15.2. The Labute approximate surface area is 208 Å². The standard InChI is InChI=1S/C29H30O5Si/c1-35(2,3)19-16-24-25(28(30)34-21-23-12-8-5-9-13-23)14-15-26(27(24)29-31-17-18-32-29)33-20-22-10-6-4-7-11-22/h4-15,29H,17-18,20-21H2,1-3H3. The topological polar surface area (TPSA) is 54.0 Å². The highest BCUT2D eigenvalue weighted by atomic mass is 28.3. The highest BCUT2D eigenvalue weighted by Crippen LogP contribution is 2.36. The minimum absolute atomic E-state index is 0.179. The Morgan fingerprint density at radius 2 is 1.49 bits per heavy atom. The normalized spacial score (nSPS) is 13.7. The predicted octanol–water partition coefficient (Wildman–Crippen LogP) is 5.90. The third-order valence-electron chi connectivity index (χ3n) is 5.30. The fourth-order valence-electron chi connectivity index (χ4n) is 3.58. The molecule has 0 spiro atoms. The number of carbonyl (C=O) groups excluding carboxylic acids is 1. The summed E-state index contributed by atoms with van der Waals surface area (Å²) >= 11 is 0. The van der Waals surface area contributed by atoms with Crippen LogP contribution in [-0.2, 0) is 27.4 Å². The minimum atomic E-state index is -1.76. The highest BCUT2D eigenvalue weighted by molar-refractivity contribution is 6.83. The van der Waals surface area contributed by atoms with Gasteiger partial charge in [0, 0.05) is 0 Å². The molecule has 0 radical (unpaired) electrons. The van der Waals surface area contributed by atoms with Crippen LogP contribution in [-0.4, -0.2) is 27.3 Å². The van der Waals surface area contributed by atoms with Crippen LogP contribution in [0.2, 0.25) is 19.6 Å². The molecule has 3 aromatic rings. The zero-order chi connectivity index (χ0) is 24.7. The van der Waals surface area contributed by atoms with E-state index in [1.807, 2.05) is 60.7 Å². The largest absolute Gasteiger partial charge is 0.488 e. The zero-order valence-electron chi connectivity index (χ0n) is 20.4. The monoisotopic (exact) mass is 486 g/mol. The third kappa shape index (κ3) is 6.83. The van der Waals surface area contributed by atoms with Gasteiger partial charge in [0.2, 0.25) is 0 Å². The van der Waals surface area contributed by atoms with E-state index in [0.29, 0.717) is 42.3 Å². The first-order chi connectivity index (χ1) is 16.9. The van der Waals surface area contributed by atoms with Crippen LogP contribution in [0.5, 0.6) is 5.75 Å². The van der Waals surface area contributed by atoms with Crippen LogP contribution in [0.4, 0.5) is 0 Å². The van der Waals surface area contributed by atoms with Crippen LogP contribution in [0.1, 0.15) is 38.9 Å². The minimum Gasteiger partial charge on any atom is -0.488 e.